The van der Waals surface area contributed by atoms with Gasteiger partial charge in [0.25, 0.3) is 5.91 Å². The number of pyridine rings is 1. The molecule has 3 N–H and O–H groups in total. The number of ether oxygens (including phenoxy) is 1. The number of aromatic nitrogens is 3. The molecule has 2 aliphatic rings. The summed E-state index contributed by atoms with van der Waals surface area (Å²) in [5, 5.41) is 13.4. The number of urea groups is 1. The number of amides is 3. The van der Waals surface area contributed by atoms with Crippen molar-refractivity contribution >= 4 is 28.7 Å². The summed E-state index contributed by atoms with van der Waals surface area (Å²) < 4.78 is 4.94. The molecule has 0 aliphatic carbocycles. The summed E-state index contributed by atoms with van der Waals surface area (Å²) in [6.45, 7) is 3.10. The second-order valence-corrected chi connectivity index (χ2v) is 7.48. The summed E-state index contributed by atoms with van der Waals surface area (Å²) in [4.78, 5) is 30.4. The highest BCUT2D eigenvalue weighted by Crippen LogP contribution is 2.25. The van der Waals surface area contributed by atoms with Crippen molar-refractivity contribution in [2.45, 2.75) is 25.8 Å². The number of anilines is 1. The maximum atomic E-state index is 12.6. The SMILES string of the molecule is C1CCOC1.CNC(=O)c1cccc(NC(=O)N2CCc3c(cnc4[nH]ncc34)C2)c1. The van der Waals surface area contributed by atoms with Gasteiger partial charge in [-0.1, -0.05) is 6.07 Å². The van der Waals surface area contributed by atoms with Gasteiger partial charge in [0, 0.05) is 56.2 Å². The molecule has 2 aliphatic heterocycles. The van der Waals surface area contributed by atoms with Gasteiger partial charge in [-0.05, 0) is 48.6 Å². The third-order valence-corrected chi connectivity index (χ3v) is 5.39. The first kappa shape index (κ1) is 20.8. The Morgan fingerprint density at radius 3 is 2.77 bits per heavy atom. The Balaban J connectivity index is 0.000000407. The first-order valence-corrected chi connectivity index (χ1v) is 10.4. The Hall–Kier alpha value is -3.46. The van der Waals surface area contributed by atoms with Gasteiger partial charge in [0.2, 0.25) is 0 Å². The highest BCUT2D eigenvalue weighted by atomic mass is 16.5. The van der Waals surface area contributed by atoms with Crippen molar-refractivity contribution in [3.63, 3.8) is 0 Å². The normalized spacial score (nSPS) is 15.1. The number of nitrogens with one attached hydrogen (secondary N) is 3. The third-order valence-electron chi connectivity index (χ3n) is 5.39. The largest absolute Gasteiger partial charge is 0.381 e. The van der Waals surface area contributed by atoms with Gasteiger partial charge in [-0.15, -0.1) is 0 Å². The van der Waals surface area contributed by atoms with Crippen molar-refractivity contribution in [1.29, 1.82) is 0 Å². The molecule has 9 nitrogen and oxygen atoms in total. The van der Waals surface area contributed by atoms with Crippen molar-refractivity contribution in [3.8, 4) is 0 Å². The smallest absolute Gasteiger partial charge is 0.322 e. The van der Waals surface area contributed by atoms with Crippen LogP contribution in [-0.4, -0.2) is 58.8 Å². The number of aromatic amines is 1. The van der Waals surface area contributed by atoms with Gasteiger partial charge in [-0.3, -0.25) is 9.89 Å². The molecule has 1 saturated heterocycles. The fraction of sp³-hybridized carbons (Fsp3) is 0.364. The van der Waals surface area contributed by atoms with E-state index in [-0.39, 0.29) is 11.9 Å². The van der Waals surface area contributed by atoms with E-state index in [1.54, 1.807) is 48.6 Å². The summed E-state index contributed by atoms with van der Waals surface area (Å²) in [5.74, 6) is -0.191. The van der Waals surface area contributed by atoms with E-state index in [2.05, 4.69) is 25.8 Å². The van der Waals surface area contributed by atoms with Crippen LogP contribution in [0.25, 0.3) is 11.0 Å². The zero-order chi connectivity index (χ0) is 21.6. The number of hydrogen-bond acceptors (Lipinski definition) is 5. The van der Waals surface area contributed by atoms with Crippen LogP contribution >= 0.6 is 0 Å². The van der Waals surface area contributed by atoms with E-state index in [1.807, 2.05) is 0 Å². The number of H-pyrrole nitrogens is 1. The molecule has 2 aromatic heterocycles. The molecular formula is C22H26N6O3. The monoisotopic (exact) mass is 422 g/mol. The molecule has 162 valence electrons. The highest BCUT2D eigenvalue weighted by Gasteiger charge is 2.23. The number of hydrogen-bond donors (Lipinski definition) is 3. The quantitative estimate of drug-likeness (QED) is 0.588. The van der Waals surface area contributed by atoms with Gasteiger partial charge in [0.05, 0.1) is 6.20 Å². The van der Waals surface area contributed by atoms with Crippen molar-refractivity contribution < 1.29 is 14.3 Å². The molecule has 3 amide bonds. The Morgan fingerprint density at radius 2 is 2.03 bits per heavy atom. The Morgan fingerprint density at radius 1 is 1.19 bits per heavy atom. The molecule has 0 radical (unpaired) electrons. The fourth-order valence-electron chi connectivity index (χ4n) is 3.72. The molecule has 9 heteroatoms. The lowest BCUT2D eigenvalue weighted by atomic mass is 9.99. The predicted molar refractivity (Wildman–Crippen MR) is 117 cm³/mol. The Labute approximate surface area is 180 Å². The number of benzene rings is 1. The predicted octanol–water partition coefficient (Wildman–Crippen LogP) is 2.70. The number of fused-ring (bicyclic) bond motifs is 3. The van der Waals surface area contributed by atoms with Gasteiger partial charge in [0.15, 0.2) is 5.65 Å². The van der Waals surface area contributed by atoms with Crippen LogP contribution in [0.4, 0.5) is 10.5 Å². The van der Waals surface area contributed by atoms with E-state index < -0.39 is 0 Å². The van der Waals surface area contributed by atoms with E-state index in [0.29, 0.717) is 24.3 Å². The van der Waals surface area contributed by atoms with Crippen molar-refractivity contribution in [2.24, 2.45) is 0 Å². The van der Waals surface area contributed by atoms with Crippen LogP contribution in [0, 0.1) is 0 Å². The molecular weight excluding hydrogens is 396 g/mol. The maximum Gasteiger partial charge on any atom is 0.322 e. The molecule has 5 rings (SSSR count). The number of carbonyl (C=O) groups excluding carboxylic acids is 2. The van der Waals surface area contributed by atoms with E-state index in [4.69, 9.17) is 4.74 Å². The maximum absolute atomic E-state index is 12.6. The topological polar surface area (TPSA) is 112 Å². The van der Waals surface area contributed by atoms with Crippen LogP contribution in [0.5, 0.6) is 0 Å². The van der Waals surface area contributed by atoms with Crippen molar-refractivity contribution in [3.05, 3.63) is 53.3 Å². The zero-order valence-electron chi connectivity index (χ0n) is 17.5. The molecule has 0 unspecified atom stereocenters. The summed E-state index contributed by atoms with van der Waals surface area (Å²) >= 11 is 0. The lowest BCUT2D eigenvalue weighted by Gasteiger charge is -2.29. The number of rotatable bonds is 2. The summed E-state index contributed by atoms with van der Waals surface area (Å²) in [6.07, 6.45) is 6.88. The Kier molecular flexibility index (Phi) is 6.42. The van der Waals surface area contributed by atoms with E-state index in [9.17, 15) is 9.59 Å². The third kappa shape index (κ3) is 4.83. The molecule has 0 atom stereocenters. The minimum atomic E-state index is -0.197. The van der Waals surface area contributed by atoms with Crippen LogP contribution in [0.2, 0.25) is 0 Å². The van der Waals surface area contributed by atoms with Crippen LogP contribution in [0.15, 0.2) is 36.7 Å². The fourth-order valence-corrected chi connectivity index (χ4v) is 3.72. The number of carbonyl (C=O) groups is 2. The lowest BCUT2D eigenvalue weighted by molar-refractivity contribution is 0.0963. The molecule has 31 heavy (non-hydrogen) atoms. The van der Waals surface area contributed by atoms with Gasteiger partial charge in [0.1, 0.15) is 0 Å². The standard InChI is InChI=1S/C18H18N6O2.C4H8O/c1-19-17(25)11-3-2-4-13(7-11)22-18(26)24-6-5-14-12(10-24)8-20-16-15(14)9-21-23-16;1-2-4-5-3-1/h2-4,7-9H,5-6,10H2,1H3,(H,19,25)(H,22,26)(H,20,21,23);1-4H2. The van der Waals surface area contributed by atoms with Crippen LogP contribution in [-0.2, 0) is 17.7 Å². The first-order valence-electron chi connectivity index (χ1n) is 10.4. The average Bonchev–Trinajstić information content (AvgIpc) is 3.53. The Bertz CT molecular complexity index is 1070. The molecule has 1 fully saturated rings. The zero-order valence-corrected chi connectivity index (χ0v) is 17.5. The van der Waals surface area contributed by atoms with Crippen molar-refractivity contribution in [1.82, 2.24) is 25.4 Å². The minimum Gasteiger partial charge on any atom is -0.381 e. The molecule has 4 heterocycles. The average molecular weight is 422 g/mol. The summed E-state index contributed by atoms with van der Waals surface area (Å²) in [5.41, 5.74) is 4.08. The summed E-state index contributed by atoms with van der Waals surface area (Å²) in [6, 6.07) is 6.67. The second kappa shape index (κ2) is 9.57. The molecule has 3 aromatic rings. The second-order valence-electron chi connectivity index (χ2n) is 7.48. The van der Waals surface area contributed by atoms with E-state index in [0.717, 1.165) is 36.2 Å². The van der Waals surface area contributed by atoms with Crippen LogP contribution in [0.3, 0.4) is 0 Å². The van der Waals surface area contributed by atoms with Gasteiger partial charge >= 0.3 is 6.03 Å². The molecule has 1 aromatic carbocycles. The molecule has 0 bridgehead atoms. The molecule has 0 saturated carbocycles. The van der Waals surface area contributed by atoms with Gasteiger partial charge in [-0.2, -0.15) is 5.10 Å². The number of nitrogens with zero attached hydrogens (tertiary/aromatic N) is 3. The van der Waals surface area contributed by atoms with Crippen molar-refractivity contribution in [2.75, 3.05) is 32.1 Å². The van der Waals surface area contributed by atoms with Crippen LogP contribution < -0.4 is 10.6 Å². The van der Waals surface area contributed by atoms with E-state index >= 15 is 0 Å². The first-order chi connectivity index (χ1) is 15.2. The minimum absolute atomic E-state index is 0.191. The highest BCUT2D eigenvalue weighted by molar-refractivity contribution is 5.96. The summed E-state index contributed by atoms with van der Waals surface area (Å²) in [7, 11) is 1.57. The van der Waals surface area contributed by atoms with E-state index in [1.165, 1.54) is 18.4 Å². The molecule has 0 spiro atoms. The lowest BCUT2D eigenvalue weighted by Crippen LogP contribution is -2.39. The van der Waals surface area contributed by atoms with Gasteiger partial charge in [-0.25, -0.2) is 9.78 Å². The van der Waals surface area contributed by atoms with Gasteiger partial charge < -0.3 is 20.3 Å². The van der Waals surface area contributed by atoms with Crippen LogP contribution in [0.1, 0.15) is 34.3 Å².